The number of alkyl halides is 5. The molecule has 0 fully saturated rings. The fourth-order valence-electron chi connectivity index (χ4n) is 2.55. The van der Waals surface area contributed by atoms with Crippen LogP contribution >= 0.6 is 0 Å². The highest BCUT2D eigenvalue weighted by atomic mass is 19.4. The van der Waals surface area contributed by atoms with Crippen LogP contribution in [0.15, 0.2) is 57.7 Å². The van der Waals surface area contributed by atoms with E-state index in [0.717, 1.165) is 12.1 Å². The summed E-state index contributed by atoms with van der Waals surface area (Å²) in [5.74, 6) is -4.72. The van der Waals surface area contributed by atoms with Crippen LogP contribution in [0.25, 0.3) is 22.1 Å². The Bertz CT molecular complexity index is 1020. The number of benzene rings is 2. The van der Waals surface area contributed by atoms with Gasteiger partial charge in [0.1, 0.15) is 11.3 Å². The van der Waals surface area contributed by atoms with Crippen molar-refractivity contribution in [1.29, 1.82) is 0 Å². The molecule has 1 heterocycles. The Hall–Kier alpha value is -2.90. The molecule has 3 nitrogen and oxygen atoms in total. The molecule has 0 amide bonds. The van der Waals surface area contributed by atoms with Crippen LogP contribution in [-0.4, -0.2) is 13.3 Å². The van der Waals surface area contributed by atoms with Crippen molar-refractivity contribution in [2.45, 2.75) is 12.1 Å². The van der Waals surface area contributed by atoms with Crippen molar-refractivity contribution in [3.63, 3.8) is 0 Å². The minimum Gasteiger partial charge on any atom is -0.497 e. The second-order valence-corrected chi connectivity index (χ2v) is 5.47. The maximum Gasteiger partial charge on any atom is 0.458 e. The molecule has 0 aliphatic heterocycles. The van der Waals surface area contributed by atoms with Crippen molar-refractivity contribution in [2.75, 3.05) is 7.11 Å². The first-order chi connectivity index (χ1) is 12.1. The van der Waals surface area contributed by atoms with E-state index in [9.17, 15) is 26.7 Å². The summed E-state index contributed by atoms with van der Waals surface area (Å²) in [5.41, 5.74) is -3.15. The summed E-state index contributed by atoms with van der Waals surface area (Å²) in [6, 6.07) is 9.65. The van der Waals surface area contributed by atoms with Crippen LogP contribution in [-0.2, 0) is 5.92 Å². The minimum absolute atomic E-state index is 0.123. The Labute approximate surface area is 143 Å². The maximum atomic E-state index is 13.9. The quantitative estimate of drug-likeness (QED) is 0.474. The molecule has 26 heavy (non-hydrogen) atoms. The highest BCUT2D eigenvalue weighted by Gasteiger charge is 2.59. The molecular formula is C18H11F5O3. The molecule has 1 aromatic heterocycles. The molecule has 8 heteroatoms. The normalized spacial score (nSPS) is 12.4. The lowest BCUT2D eigenvalue weighted by Crippen LogP contribution is -2.34. The largest absolute Gasteiger partial charge is 0.497 e. The fourth-order valence-corrected chi connectivity index (χ4v) is 2.55. The van der Waals surface area contributed by atoms with E-state index in [1.165, 1.54) is 31.4 Å². The number of fused-ring (bicyclic) bond motifs is 1. The third-order valence-corrected chi connectivity index (χ3v) is 3.85. The van der Waals surface area contributed by atoms with E-state index in [1.54, 1.807) is 6.07 Å². The lowest BCUT2D eigenvalue weighted by atomic mass is 9.95. The Morgan fingerprint density at radius 2 is 1.62 bits per heavy atom. The predicted octanol–water partition coefficient (Wildman–Crippen LogP) is 5.12. The standard InChI is InChI=1S/C18H11F5O3/c1-25-11-7-6-10-8-13(16(24)26-15(10)9-11)12-4-2-3-5-14(12)17(19,20)18(21,22)23/h2-9H,1H3. The Kier molecular flexibility index (Phi) is 4.21. The van der Waals surface area contributed by atoms with E-state index in [2.05, 4.69) is 0 Å². The van der Waals surface area contributed by atoms with E-state index in [1.807, 2.05) is 0 Å². The van der Waals surface area contributed by atoms with Gasteiger partial charge in [0, 0.05) is 17.0 Å². The van der Waals surface area contributed by atoms with Crippen LogP contribution in [0.4, 0.5) is 22.0 Å². The zero-order valence-electron chi connectivity index (χ0n) is 13.2. The van der Waals surface area contributed by atoms with Gasteiger partial charge in [-0.2, -0.15) is 22.0 Å². The molecular weight excluding hydrogens is 359 g/mol. The van der Waals surface area contributed by atoms with E-state index in [0.29, 0.717) is 17.2 Å². The summed E-state index contributed by atoms with van der Waals surface area (Å²) >= 11 is 0. The molecule has 0 aliphatic carbocycles. The fraction of sp³-hybridized carbons (Fsp3) is 0.167. The Morgan fingerprint density at radius 1 is 0.923 bits per heavy atom. The average Bonchev–Trinajstić information content (AvgIpc) is 2.59. The van der Waals surface area contributed by atoms with Gasteiger partial charge in [-0.1, -0.05) is 24.3 Å². The molecule has 0 bridgehead atoms. The molecule has 0 spiro atoms. The summed E-state index contributed by atoms with van der Waals surface area (Å²) in [5, 5.41) is 0.352. The van der Waals surface area contributed by atoms with Crippen molar-refractivity contribution in [2.24, 2.45) is 0 Å². The molecule has 0 atom stereocenters. The van der Waals surface area contributed by atoms with Gasteiger partial charge in [0.2, 0.25) is 0 Å². The minimum atomic E-state index is -5.80. The topological polar surface area (TPSA) is 39.4 Å². The van der Waals surface area contributed by atoms with Crippen molar-refractivity contribution in [1.82, 2.24) is 0 Å². The first-order valence-corrected chi connectivity index (χ1v) is 7.31. The number of ether oxygens (including phenoxy) is 1. The molecule has 0 saturated heterocycles. The summed E-state index contributed by atoms with van der Waals surface area (Å²) < 4.78 is 76.2. The SMILES string of the molecule is COc1ccc2cc(-c3ccccc3C(F)(F)C(F)(F)F)c(=O)oc2c1. The molecule has 3 aromatic rings. The molecule has 0 N–H and O–H groups in total. The van der Waals surface area contributed by atoms with Crippen LogP contribution in [0.1, 0.15) is 5.56 Å². The first-order valence-electron chi connectivity index (χ1n) is 7.31. The van der Waals surface area contributed by atoms with Gasteiger partial charge in [0.05, 0.1) is 12.7 Å². The molecule has 136 valence electrons. The zero-order valence-corrected chi connectivity index (χ0v) is 13.2. The number of hydrogen-bond donors (Lipinski definition) is 0. The predicted molar refractivity (Wildman–Crippen MR) is 84.4 cm³/mol. The number of rotatable bonds is 3. The van der Waals surface area contributed by atoms with Crippen molar-refractivity contribution < 1.29 is 31.1 Å². The zero-order chi connectivity index (χ0) is 19.1. The second kappa shape index (κ2) is 6.12. The highest BCUT2D eigenvalue weighted by molar-refractivity contribution is 5.83. The number of methoxy groups -OCH3 is 1. The highest BCUT2D eigenvalue weighted by Crippen LogP contribution is 2.46. The van der Waals surface area contributed by atoms with Crippen LogP contribution < -0.4 is 10.4 Å². The van der Waals surface area contributed by atoms with Crippen LogP contribution in [0.3, 0.4) is 0 Å². The molecule has 2 aromatic carbocycles. The van der Waals surface area contributed by atoms with Crippen molar-refractivity contribution in [3.8, 4) is 16.9 Å². The van der Waals surface area contributed by atoms with Gasteiger partial charge in [0.25, 0.3) is 0 Å². The monoisotopic (exact) mass is 370 g/mol. The van der Waals surface area contributed by atoms with Crippen LogP contribution in [0.5, 0.6) is 5.75 Å². The average molecular weight is 370 g/mol. The van der Waals surface area contributed by atoms with Gasteiger partial charge in [0.15, 0.2) is 0 Å². The molecule has 0 unspecified atom stereocenters. The summed E-state index contributed by atoms with van der Waals surface area (Å²) in [6.45, 7) is 0. The lowest BCUT2D eigenvalue weighted by Gasteiger charge is -2.22. The van der Waals surface area contributed by atoms with Crippen molar-refractivity contribution in [3.05, 3.63) is 64.5 Å². The first kappa shape index (κ1) is 17.9. The molecule has 3 rings (SSSR count). The van der Waals surface area contributed by atoms with E-state index >= 15 is 0 Å². The van der Waals surface area contributed by atoms with Gasteiger partial charge in [-0.25, -0.2) is 4.79 Å². The number of hydrogen-bond acceptors (Lipinski definition) is 3. The lowest BCUT2D eigenvalue weighted by molar-refractivity contribution is -0.289. The molecule has 0 aliphatic rings. The Balaban J connectivity index is 2.25. The summed E-state index contributed by atoms with van der Waals surface area (Å²) in [6.07, 6.45) is -5.80. The summed E-state index contributed by atoms with van der Waals surface area (Å²) in [7, 11) is 1.41. The van der Waals surface area contributed by atoms with Gasteiger partial charge in [-0.15, -0.1) is 0 Å². The maximum absolute atomic E-state index is 13.9. The van der Waals surface area contributed by atoms with Gasteiger partial charge in [-0.3, -0.25) is 0 Å². The van der Waals surface area contributed by atoms with Crippen LogP contribution in [0.2, 0.25) is 0 Å². The van der Waals surface area contributed by atoms with Gasteiger partial charge >= 0.3 is 17.7 Å². The van der Waals surface area contributed by atoms with Gasteiger partial charge in [-0.05, 0) is 23.8 Å². The van der Waals surface area contributed by atoms with Gasteiger partial charge < -0.3 is 9.15 Å². The van der Waals surface area contributed by atoms with E-state index in [4.69, 9.17) is 9.15 Å². The van der Waals surface area contributed by atoms with E-state index in [-0.39, 0.29) is 11.1 Å². The second-order valence-electron chi connectivity index (χ2n) is 5.47. The van der Waals surface area contributed by atoms with Crippen LogP contribution in [0, 0.1) is 0 Å². The van der Waals surface area contributed by atoms with Crippen molar-refractivity contribution >= 4 is 11.0 Å². The number of halogens is 5. The third kappa shape index (κ3) is 2.91. The molecule has 0 radical (unpaired) electrons. The third-order valence-electron chi connectivity index (χ3n) is 3.85. The Morgan fingerprint density at radius 3 is 2.27 bits per heavy atom. The summed E-state index contributed by atoms with van der Waals surface area (Å²) in [4.78, 5) is 12.2. The molecule has 0 saturated carbocycles. The smallest absolute Gasteiger partial charge is 0.458 e. The van der Waals surface area contributed by atoms with E-state index < -0.39 is 28.9 Å².